The molecule has 3 aliphatic rings. The van der Waals surface area contributed by atoms with Crippen LogP contribution in [0.15, 0.2) is 30.3 Å². The molecule has 4 rings (SSSR count). The summed E-state index contributed by atoms with van der Waals surface area (Å²) in [7, 11) is 0. The SMILES string of the molecule is CC1(C)O[C@@H]2[C@H](O1)[C@@H](c1ccccc1)O[C@@H]2[C@H]1COC(C)(C)O1. The average Bonchev–Trinajstić information content (AvgIpc) is 3.10. The van der Waals surface area contributed by atoms with Crippen LogP contribution < -0.4 is 0 Å². The molecule has 0 N–H and O–H groups in total. The molecule has 5 heteroatoms. The molecule has 0 saturated carbocycles. The zero-order valence-electron chi connectivity index (χ0n) is 14.0. The number of fused-ring (bicyclic) bond motifs is 1. The van der Waals surface area contributed by atoms with Gasteiger partial charge in [-0.05, 0) is 33.3 Å². The zero-order chi connectivity index (χ0) is 16.2. The second-order valence-electron chi connectivity index (χ2n) is 7.36. The fraction of sp³-hybridized carbons (Fsp3) is 0.667. The van der Waals surface area contributed by atoms with Crippen LogP contribution in [0.25, 0.3) is 0 Å². The molecule has 1 aromatic carbocycles. The fourth-order valence-corrected chi connectivity index (χ4v) is 3.72. The zero-order valence-corrected chi connectivity index (χ0v) is 14.0. The van der Waals surface area contributed by atoms with Crippen LogP contribution in [0.5, 0.6) is 0 Å². The number of ether oxygens (including phenoxy) is 5. The van der Waals surface area contributed by atoms with Crippen molar-refractivity contribution >= 4 is 0 Å². The molecule has 3 fully saturated rings. The molecule has 3 saturated heterocycles. The molecule has 0 radical (unpaired) electrons. The Morgan fingerprint density at radius 1 is 0.826 bits per heavy atom. The minimum atomic E-state index is -0.612. The standard InChI is InChI=1S/C18H24O5/c1-17(2)19-10-12(21-17)14-16-15(22-18(3,4)23-16)13(20-14)11-8-6-5-7-9-11/h5-9,12-16H,10H2,1-4H3/t12-,13-,14-,15-,16+/m1/s1. The fourth-order valence-electron chi connectivity index (χ4n) is 3.72. The summed E-state index contributed by atoms with van der Waals surface area (Å²) in [4.78, 5) is 0. The highest BCUT2D eigenvalue weighted by Gasteiger charge is 2.59. The molecule has 23 heavy (non-hydrogen) atoms. The molecule has 5 nitrogen and oxygen atoms in total. The Labute approximate surface area is 136 Å². The van der Waals surface area contributed by atoms with Gasteiger partial charge in [0.25, 0.3) is 0 Å². The van der Waals surface area contributed by atoms with Gasteiger partial charge in [0, 0.05) is 0 Å². The predicted octanol–water partition coefficient (Wildman–Crippen LogP) is 2.80. The van der Waals surface area contributed by atoms with Gasteiger partial charge in [-0.1, -0.05) is 30.3 Å². The second-order valence-corrected chi connectivity index (χ2v) is 7.36. The average molecular weight is 320 g/mol. The molecule has 0 amide bonds. The third-order valence-electron chi connectivity index (χ3n) is 4.61. The summed E-state index contributed by atoms with van der Waals surface area (Å²) in [5, 5.41) is 0. The first-order chi connectivity index (χ1) is 10.8. The van der Waals surface area contributed by atoms with Crippen LogP contribution in [-0.4, -0.2) is 42.6 Å². The lowest BCUT2D eigenvalue weighted by molar-refractivity contribution is -0.207. The van der Waals surface area contributed by atoms with Crippen LogP contribution in [-0.2, 0) is 23.7 Å². The van der Waals surface area contributed by atoms with Gasteiger partial charge in [-0.3, -0.25) is 0 Å². The molecular weight excluding hydrogens is 296 g/mol. The predicted molar refractivity (Wildman–Crippen MR) is 82.8 cm³/mol. The maximum absolute atomic E-state index is 6.33. The largest absolute Gasteiger partial charge is 0.362 e. The van der Waals surface area contributed by atoms with Gasteiger partial charge in [-0.25, -0.2) is 0 Å². The minimum absolute atomic E-state index is 0.135. The van der Waals surface area contributed by atoms with Crippen LogP contribution in [0, 0.1) is 0 Å². The van der Waals surface area contributed by atoms with Crippen LogP contribution in [0.2, 0.25) is 0 Å². The van der Waals surface area contributed by atoms with Crippen LogP contribution in [0.3, 0.4) is 0 Å². The van der Waals surface area contributed by atoms with Gasteiger partial charge in [-0.2, -0.15) is 0 Å². The lowest BCUT2D eigenvalue weighted by atomic mass is 10.00. The van der Waals surface area contributed by atoms with E-state index in [2.05, 4.69) is 12.1 Å². The topological polar surface area (TPSA) is 46.2 Å². The number of hydrogen-bond acceptors (Lipinski definition) is 5. The van der Waals surface area contributed by atoms with Crippen molar-refractivity contribution in [2.24, 2.45) is 0 Å². The molecule has 0 spiro atoms. The molecule has 0 aliphatic carbocycles. The van der Waals surface area contributed by atoms with E-state index >= 15 is 0 Å². The summed E-state index contributed by atoms with van der Waals surface area (Å²) in [5.74, 6) is -1.19. The highest BCUT2D eigenvalue weighted by Crippen LogP contribution is 2.47. The molecule has 0 unspecified atom stereocenters. The van der Waals surface area contributed by atoms with Crippen LogP contribution in [0.4, 0.5) is 0 Å². The highest BCUT2D eigenvalue weighted by atomic mass is 16.8. The van der Waals surface area contributed by atoms with E-state index in [1.54, 1.807) is 0 Å². The Kier molecular flexibility index (Phi) is 3.55. The van der Waals surface area contributed by atoms with Gasteiger partial charge in [0.15, 0.2) is 11.6 Å². The monoisotopic (exact) mass is 320 g/mol. The van der Waals surface area contributed by atoms with Crippen molar-refractivity contribution in [1.29, 1.82) is 0 Å². The van der Waals surface area contributed by atoms with E-state index in [4.69, 9.17) is 23.7 Å². The smallest absolute Gasteiger partial charge is 0.164 e. The molecule has 1 aromatic rings. The summed E-state index contributed by atoms with van der Waals surface area (Å²) in [6, 6.07) is 10.2. The van der Waals surface area contributed by atoms with Crippen molar-refractivity contribution in [3.8, 4) is 0 Å². The van der Waals surface area contributed by atoms with Crippen LogP contribution >= 0.6 is 0 Å². The van der Waals surface area contributed by atoms with E-state index in [9.17, 15) is 0 Å². The summed E-state index contributed by atoms with van der Waals surface area (Å²) in [6.07, 6.45) is -0.792. The summed E-state index contributed by atoms with van der Waals surface area (Å²) in [5.41, 5.74) is 1.10. The Morgan fingerprint density at radius 3 is 2.17 bits per heavy atom. The van der Waals surface area contributed by atoms with Gasteiger partial charge in [-0.15, -0.1) is 0 Å². The third kappa shape index (κ3) is 2.81. The third-order valence-corrected chi connectivity index (χ3v) is 4.61. The molecule has 0 aromatic heterocycles. The Morgan fingerprint density at radius 2 is 1.52 bits per heavy atom. The molecule has 3 aliphatic heterocycles. The van der Waals surface area contributed by atoms with E-state index in [1.165, 1.54) is 0 Å². The highest BCUT2D eigenvalue weighted by molar-refractivity contribution is 5.22. The van der Waals surface area contributed by atoms with E-state index in [0.717, 1.165) is 5.56 Å². The van der Waals surface area contributed by atoms with E-state index in [0.29, 0.717) is 6.61 Å². The Hall–Kier alpha value is -0.980. The van der Waals surface area contributed by atoms with Crippen LogP contribution in [0.1, 0.15) is 39.4 Å². The van der Waals surface area contributed by atoms with Gasteiger partial charge >= 0.3 is 0 Å². The van der Waals surface area contributed by atoms with Gasteiger partial charge < -0.3 is 23.7 Å². The van der Waals surface area contributed by atoms with E-state index in [-0.39, 0.29) is 30.5 Å². The molecule has 5 atom stereocenters. The van der Waals surface area contributed by atoms with Crippen molar-refractivity contribution in [3.05, 3.63) is 35.9 Å². The van der Waals surface area contributed by atoms with Crippen molar-refractivity contribution in [1.82, 2.24) is 0 Å². The van der Waals surface area contributed by atoms with Crippen molar-refractivity contribution in [2.45, 2.75) is 69.8 Å². The molecule has 3 heterocycles. The number of rotatable bonds is 2. The Balaban J connectivity index is 1.61. The van der Waals surface area contributed by atoms with Gasteiger partial charge in [0.1, 0.15) is 30.5 Å². The summed E-state index contributed by atoms with van der Waals surface area (Å²) < 4.78 is 30.3. The maximum Gasteiger partial charge on any atom is 0.164 e. The molecule has 0 bridgehead atoms. The first kappa shape index (κ1) is 15.5. The first-order valence-corrected chi connectivity index (χ1v) is 8.22. The first-order valence-electron chi connectivity index (χ1n) is 8.22. The second kappa shape index (κ2) is 5.26. The number of hydrogen-bond donors (Lipinski definition) is 0. The minimum Gasteiger partial charge on any atom is -0.362 e. The van der Waals surface area contributed by atoms with Gasteiger partial charge in [0.2, 0.25) is 0 Å². The normalized spacial score (nSPS) is 41.1. The van der Waals surface area contributed by atoms with E-state index in [1.807, 2.05) is 45.9 Å². The molecule has 126 valence electrons. The van der Waals surface area contributed by atoms with Gasteiger partial charge in [0.05, 0.1) is 6.61 Å². The quantitative estimate of drug-likeness (QED) is 0.838. The van der Waals surface area contributed by atoms with Crippen molar-refractivity contribution < 1.29 is 23.7 Å². The number of benzene rings is 1. The van der Waals surface area contributed by atoms with Crippen molar-refractivity contribution in [2.75, 3.05) is 6.61 Å². The Bertz CT molecular complexity index is 570. The lowest BCUT2D eigenvalue weighted by Gasteiger charge is -2.27. The lowest BCUT2D eigenvalue weighted by Crippen LogP contribution is -2.40. The summed E-state index contributed by atoms with van der Waals surface area (Å²) >= 11 is 0. The van der Waals surface area contributed by atoms with E-state index < -0.39 is 11.6 Å². The molecular formula is C18H24O5. The summed E-state index contributed by atoms with van der Waals surface area (Å²) in [6.45, 7) is 8.24. The maximum atomic E-state index is 6.33. The van der Waals surface area contributed by atoms with Crippen molar-refractivity contribution in [3.63, 3.8) is 0 Å².